The van der Waals surface area contributed by atoms with Gasteiger partial charge in [-0.2, -0.15) is 0 Å². The fourth-order valence-corrected chi connectivity index (χ4v) is 5.54. The summed E-state index contributed by atoms with van der Waals surface area (Å²) in [6.45, 7) is 2.23. The van der Waals surface area contributed by atoms with E-state index in [9.17, 15) is 4.79 Å². The summed E-state index contributed by atoms with van der Waals surface area (Å²) < 4.78 is 0. The maximum atomic E-state index is 13.0. The Morgan fingerprint density at radius 1 is 1.09 bits per heavy atom. The number of hydrogen-bond donors (Lipinski definition) is 0. The normalized spacial score (nSPS) is 15.3. The van der Waals surface area contributed by atoms with Crippen LogP contribution in [0.5, 0.6) is 0 Å². The van der Waals surface area contributed by atoms with Crippen LogP contribution < -0.4 is 0 Å². The minimum absolute atomic E-state index is 0.0567. The first-order chi connectivity index (χ1) is 15.6. The zero-order valence-corrected chi connectivity index (χ0v) is 19.4. The van der Waals surface area contributed by atoms with Crippen molar-refractivity contribution >= 4 is 39.7 Å². The first-order valence-electron chi connectivity index (χ1n) is 10.6. The highest BCUT2D eigenvalue weighted by atomic mass is 32.2. The maximum Gasteiger partial charge on any atom is 0.168 e. The molecule has 0 N–H and O–H groups in total. The summed E-state index contributed by atoms with van der Waals surface area (Å²) >= 11 is 3.35. The second kappa shape index (κ2) is 9.44. The predicted octanol–water partition coefficient (Wildman–Crippen LogP) is 4.76. The average Bonchev–Trinajstić information content (AvgIpc) is 3.35. The number of aromatic nitrogens is 4. The molecule has 162 valence electrons. The standard InChI is InChI=1S/C24H23N5OS2/c1-29-6-3-20(4-7-29)32-24-10-16(2-5-26-24)22(30)11-19-8-17-9-21(23-14-25-15-31-23)28-13-18(17)12-27-19/h2,5,8-10,12-15,20H,3-4,6-7,11H2,1H3. The summed E-state index contributed by atoms with van der Waals surface area (Å²) in [6, 6.07) is 7.74. The minimum atomic E-state index is 0.0567. The van der Waals surface area contributed by atoms with Crippen LogP contribution in [-0.2, 0) is 6.42 Å². The molecule has 0 radical (unpaired) electrons. The second-order valence-electron chi connectivity index (χ2n) is 8.06. The number of pyridine rings is 3. The Kier molecular flexibility index (Phi) is 6.25. The van der Waals surface area contributed by atoms with Crippen molar-refractivity contribution in [2.45, 2.75) is 29.5 Å². The van der Waals surface area contributed by atoms with Gasteiger partial charge in [0.05, 0.1) is 27.5 Å². The second-order valence-corrected chi connectivity index (χ2v) is 10.3. The zero-order chi connectivity index (χ0) is 21.9. The molecule has 1 aliphatic rings. The number of ketones is 1. The number of thioether (sulfide) groups is 1. The molecule has 0 aromatic carbocycles. The first kappa shape index (κ1) is 21.2. The van der Waals surface area contributed by atoms with Crippen LogP contribution in [0.25, 0.3) is 21.3 Å². The van der Waals surface area contributed by atoms with Crippen molar-refractivity contribution in [2.75, 3.05) is 20.1 Å². The summed E-state index contributed by atoms with van der Waals surface area (Å²) in [7, 11) is 2.16. The lowest BCUT2D eigenvalue weighted by Gasteiger charge is -2.28. The molecule has 1 fully saturated rings. The molecular weight excluding hydrogens is 438 g/mol. The number of rotatable bonds is 6. The number of hydrogen-bond acceptors (Lipinski definition) is 8. The highest BCUT2D eigenvalue weighted by Crippen LogP contribution is 2.29. The Hall–Kier alpha value is -2.68. The van der Waals surface area contributed by atoms with Crippen LogP contribution in [0.15, 0.2) is 59.6 Å². The van der Waals surface area contributed by atoms with Crippen LogP contribution >= 0.6 is 23.1 Å². The van der Waals surface area contributed by atoms with Gasteiger partial charge in [-0.25, -0.2) is 4.98 Å². The highest BCUT2D eigenvalue weighted by Gasteiger charge is 2.19. The Morgan fingerprint density at radius 2 is 1.94 bits per heavy atom. The van der Waals surface area contributed by atoms with E-state index in [1.54, 1.807) is 47.1 Å². The summed E-state index contributed by atoms with van der Waals surface area (Å²) in [5.41, 5.74) is 4.13. The van der Waals surface area contributed by atoms with E-state index in [0.717, 1.165) is 58.0 Å². The summed E-state index contributed by atoms with van der Waals surface area (Å²) in [5, 5.41) is 3.47. The number of Topliss-reactive ketones (excluding diaryl/α,β-unsaturated/α-hetero) is 1. The van der Waals surface area contributed by atoms with Crippen LogP contribution in [-0.4, -0.2) is 56.0 Å². The number of nitrogens with zero attached hydrogens (tertiary/aromatic N) is 5. The Morgan fingerprint density at radius 3 is 2.75 bits per heavy atom. The Bertz CT molecular complexity index is 1240. The molecule has 4 aromatic rings. The number of carbonyl (C=O) groups is 1. The third kappa shape index (κ3) is 4.87. The van der Waals surface area contributed by atoms with Gasteiger partial charge in [-0.3, -0.25) is 19.7 Å². The molecule has 0 amide bonds. The van der Waals surface area contributed by atoms with E-state index in [2.05, 4.69) is 31.9 Å². The average molecular weight is 462 g/mol. The predicted molar refractivity (Wildman–Crippen MR) is 129 cm³/mol. The van der Waals surface area contributed by atoms with Crippen molar-refractivity contribution in [3.63, 3.8) is 0 Å². The molecule has 8 heteroatoms. The van der Waals surface area contributed by atoms with E-state index >= 15 is 0 Å². The van der Waals surface area contributed by atoms with Crippen LogP contribution in [0, 0.1) is 0 Å². The first-order valence-corrected chi connectivity index (χ1v) is 12.4. The van der Waals surface area contributed by atoms with E-state index < -0.39 is 0 Å². The largest absolute Gasteiger partial charge is 0.306 e. The number of fused-ring (bicyclic) bond motifs is 1. The van der Waals surface area contributed by atoms with E-state index in [-0.39, 0.29) is 12.2 Å². The third-order valence-corrected chi connectivity index (χ3v) is 7.76. The molecule has 1 aliphatic heterocycles. The SMILES string of the molecule is CN1CCC(Sc2cc(C(=O)Cc3cc4cc(-c5cncs5)ncc4cn3)ccn2)CC1. The monoisotopic (exact) mass is 461 g/mol. The van der Waals surface area contributed by atoms with E-state index in [0.29, 0.717) is 10.8 Å². The van der Waals surface area contributed by atoms with E-state index in [1.165, 1.54) is 0 Å². The Balaban J connectivity index is 1.31. The summed E-state index contributed by atoms with van der Waals surface area (Å²) in [6.07, 6.45) is 9.73. The molecule has 5 rings (SSSR count). The zero-order valence-electron chi connectivity index (χ0n) is 17.8. The van der Waals surface area contributed by atoms with Gasteiger partial charge in [0.2, 0.25) is 0 Å². The fraction of sp³-hybridized carbons (Fsp3) is 0.292. The lowest BCUT2D eigenvalue weighted by molar-refractivity contribution is 0.0991. The molecule has 4 aromatic heterocycles. The topological polar surface area (TPSA) is 71.9 Å². The molecule has 1 saturated heterocycles. The van der Waals surface area contributed by atoms with Crippen molar-refractivity contribution in [2.24, 2.45) is 0 Å². The highest BCUT2D eigenvalue weighted by molar-refractivity contribution is 7.99. The molecule has 5 heterocycles. The van der Waals surface area contributed by atoms with E-state index in [4.69, 9.17) is 0 Å². The smallest absolute Gasteiger partial charge is 0.168 e. The minimum Gasteiger partial charge on any atom is -0.306 e. The number of piperidine rings is 1. The van der Waals surface area contributed by atoms with Crippen molar-refractivity contribution in [3.05, 3.63) is 65.8 Å². The molecular formula is C24H23N5OS2. The molecule has 0 spiro atoms. The molecule has 0 unspecified atom stereocenters. The van der Waals surface area contributed by atoms with Crippen molar-refractivity contribution in [3.8, 4) is 10.6 Å². The van der Waals surface area contributed by atoms with Crippen molar-refractivity contribution in [1.29, 1.82) is 0 Å². The van der Waals surface area contributed by atoms with Gasteiger partial charge in [-0.05, 0) is 62.6 Å². The van der Waals surface area contributed by atoms with Gasteiger partial charge in [0.15, 0.2) is 5.78 Å². The van der Waals surface area contributed by atoms with Gasteiger partial charge in [0.25, 0.3) is 0 Å². The molecule has 0 bridgehead atoms. The van der Waals surface area contributed by atoms with E-state index in [1.807, 2.05) is 30.6 Å². The number of thiazole rings is 1. The van der Waals surface area contributed by atoms with Gasteiger partial charge in [-0.1, -0.05) is 0 Å². The number of likely N-dealkylation sites (tertiary alicyclic amines) is 1. The Labute approximate surface area is 195 Å². The van der Waals surface area contributed by atoms with Crippen LogP contribution in [0.3, 0.4) is 0 Å². The van der Waals surface area contributed by atoms with Gasteiger partial charge in [0, 0.05) is 46.7 Å². The van der Waals surface area contributed by atoms with Crippen molar-refractivity contribution in [1.82, 2.24) is 24.8 Å². The van der Waals surface area contributed by atoms with Crippen LogP contribution in [0.2, 0.25) is 0 Å². The van der Waals surface area contributed by atoms with Gasteiger partial charge < -0.3 is 4.90 Å². The molecule has 0 atom stereocenters. The molecule has 0 saturated carbocycles. The van der Waals surface area contributed by atoms with Crippen LogP contribution in [0.4, 0.5) is 0 Å². The van der Waals surface area contributed by atoms with Gasteiger partial charge in [-0.15, -0.1) is 23.1 Å². The molecule has 32 heavy (non-hydrogen) atoms. The lowest BCUT2D eigenvalue weighted by atomic mass is 10.1. The molecule has 6 nitrogen and oxygen atoms in total. The summed E-state index contributed by atoms with van der Waals surface area (Å²) in [5.74, 6) is 0.0567. The third-order valence-electron chi connectivity index (χ3n) is 5.70. The fourth-order valence-electron chi connectivity index (χ4n) is 3.84. The summed E-state index contributed by atoms with van der Waals surface area (Å²) in [4.78, 5) is 34.0. The van der Waals surface area contributed by atoms with Crippen LogP contribution in [0.1, 0.15) is 28.9 Å². The number of carbonyl (C=O) groups excluding carboxylic acids is 1. The quantitative estimate of drug-likeness (QED) is 0.383. The van der Waals surface area contributed by atoms with Gasteiger partial charge in [0.1, 0.15) is 0 Å². The van der Waals surface area contributed by atoms with Gasteiger partial charge >= 0.3 is 0 Å². The molecule has 0 aliphatic carbocycles. The lowest BCUT2D eigenvalue weighted by Crippen LogP contribution is -2.31. The van der Waals surface area contributed by atoms with Crippen molar-refractivity contribution < 1.29 is 4.79 Å². The maximum absolute atomic E-state index is 13.0.